The van der Waals surface area contributed by atoms with Crippen molar-refractivity contribution in [2.75, 3.05) is 39.3 Å². The van der Waals surface area contributed by atoms with Crippen molar-refractivity contribution in [1.82, 2.24) is 15.1 Å². The summed E-state index contributed by atoms with van der Waals surface area (Å²) < 4.78 is 0. The lowest BCUT2D eigenvalue weighted by Gasteiger charge is -2.39. The molecule has 3 aliphatic rings. The third kappa shape index (κ3) is 3.91. The molecule has 136 valence electrons. The molecule has 2 heterocycles. The van der Waals surface area contributed by atoms with Crippen LogP contribution in [-0.2, 0) is 9.59 Å². The van der Waals surface area contributed by atoms with Gasteiger partial charge in [0.25, 0.3) is 0 Å². The third-order valence-electron chi connectivity index (χ3n) is 5.96. The van der Waals surface area contributed by atoms with Crippen LogP contribution in [0, 0.1) is 5.41 Å². The topological polar surface area (TPSA) is 72.9 Å². The molecular formula is C18H31N3O3. The number of aliphatic hydroxyl groups is 1. The van der Waals surface area contributed by atoms with Gasteiger partial charge in [-0.2, -0.15) is 0 Å². The molecule has 3 rings (SSSR count). The van der Waals surface area contributed by atoms with Gasteiger partial charge in [-0.3, -0.25) is 14.5 Å². The van der Waals surface area contributed by atoms with Crippen LogP contribution in [0.15, 0.2) is 0 Å². The highest BCUT2D eigenvalue weighted by Gasteiger charge is 2.48. The Kier molecular flexibility index (Phi) is 5.76. The second-order valence-corrected chi connectivity index (χ2v) is 7.76. The van der Waals surface area contributed by atoms with Crippen molar-refractivity contribution < 1.29 is 14.7 Å². The molecule has 3 fully saturated rings. The number of piperidine rings is 1. The van der Waals surface area contributed by atoms with E-state index in [0.29, 0.717) is 25.7 Å². The van der Waals surface area contributed by atoms with Crippen molar-refractivity contribution in [1.29, 1.82) is 0 Å². The molecule has 1 spiro atoms. The first-order valence-corrected chi connectivity index (χ1v) is 9.55. The average Bonchev–Trinajstić information content (AvgIpc) is 2.97. The number of hydrogen-bond donors (Lipinski definition) is 2. The zero-order valence-electron chi connectivity index (χ0n) is 14.6. The predicted octanol–water partition coefficient (Wildman–Crippen LogP) is 0.742. The normalized spacial score (nSPS) is 29.4. The Morgan fingerprint density at radius 3 is 2.71 bits per heavy atom. The summed E-state index contributed by atoms with van der Waals surface area (Å²) in [5, 5.41) is 12.3. The van der Waals surface area contributed by atoms with Crippen molar-refractivity contribution in [3.05, 3.63) is 0 Å². The fourth-order valence-corrected chi connectivity index (χ4v) is 4.68. The Morgan fingerprint density at radius 1 is 1.17 bits per heavy atom. The molecular weight excluding hydrogens is 306 g/mol. The monoisotopic (exact) mass is 337 g/mol. The molecule has 0 aromatic heterocycles. The summed E-state index contributed by atoms with van der Waals surface area (Å²) in [6.45, 7) is 3.12. The standard InChI is InChI=1S/C18H31N3O3/c22-12-11-21-9-4-7-18(17(21)24)8-10-20(14-18)13-16(23)19-15-5-2-1-3-6-15/h15,22H,1-14H2,(H,19,23)/t18-/m0/s1. The lowest BCUT2D eigenvalue weighted by atomic mass is 9.78. The van der Waals surface area contributed by atoms with E-state index >= 15 is 0 Å². The second kappa shape index (κ2) is 7.83. The SMILES string of the molecule is O=C(CN1CC[C@@]2(CCCN(CCO)C2=O)C1)NC1CCCCC1. The van der Waals surface area contributed by atoms with Gasteiger partial charge in [0.1, 0.15) is 0 Å². The maximum Gasteiger partial charge on any atom is 0.234 e. The number of likely N-dealkylation sites (tertiary alicyclic amines) is 2. The Bertz CT molecular complexity index is 462. The van der Waals surface area contributed by atoms with Crippen molar-refractivity contribution in [2.24, 2.45) is 5.41 Å². The van der Waals surface area contributed by atoms with Gasteiger partial charge in [0.2, 0.25) is 11.8 Å². The number of carbonyl (C=O) groups excluding carboxylic acids is 2. The summed E-state index contributed by atoms with van der Waals surface area (Å²) in [5.74, 6) is 0.285. The Balaban J connectivity index is 1.50. The van der Waals surface area contributed by atoms with Crippen LogP contribution in [0.5, 0.6) is 0 Å². The van der Waals surface area contributed by atoms with Crippen molar-refractivity contribution in [2.45, 2.75) is 57.4 Å². The zero-order chi connectivity index (χ0) is 17.0. The third-order valence-corrected chi connectivity index (χ3v) is 5.96. The lowest BCUT2D eigenvalue weighted by Crippen LogP contribution is -2.51. The number of rotatable bonds is 5. The van der Waals surface area contributed by atoms with Crippen LogP contribution in [-0.4, -0.2) is 72.1 Å². The smallest absolute Gasteiger partial charge is 0.234 e. The van der Waals surface area contributed by atoms with Gasteiger partial charge in [-0.25, -0.2) is 0 Å². The summed E-state index contributed by atoms with van der Waals surface area (Å²) in [6, 6.07) is 0.346. The summed E-state index contributed by atoms with van der Waals surface area (Å²) in [4.78, 5) is 29.0. The Hall–Kier alpha value is -1.14. The molecule has 2 aliphatic heterocycles. The molecule has 24 heavy (non-hydrogen) atoms. The number of nitrogens with one attached hydrogen (secondary N) is 1. The average molecular weight is 337 g/mol. The minimum Gasteiger partial charge on any atom is -0.395 e. The van der Waals surface area contributed by atoms with Gasteiger partial charge < -0.3 is 15.3 Å². The Morgan fingerprint density at radius 2 is 1.96 bits per heavy atom. The van der Waals surface area contributed by atoms with Crippen LogP contribution in [0.25, 0.3) is 0 Å². The van der Waals surface area contributed by atoms with Crippen molar-refractivity contribution in [3.63, 3.8) is 0 Å². The minimum atomic E-state index is -0.321. The fraction of sp³-hybridized carbons (Fsp3) is 0.889. The highest BCUT2D eigenvalue weighted by molar-refractivity contribution is 5.84. The maximum atomic E-state index is 12.8. The summed E-state index contributed by atoms with van der Waals surface area (Å²) >= 11 is 0. The van der Waals surface area contributed by atoms with Gasteiger partial charge in [0.05, 0.1) is 18.6 Å². The van der Waals surface area contributed by atoms with Crippen LogP contribution in [0.2, 0.25) is 0 Å². The number of carbonyl (C=O) groups is 2. The number of β-amino-alcohol motifs (C(OH)–C–C–N with tert-alkyl or cyclic N) is 1. The quantitative estimate of drug-likeness (QED) is 0.776. The van der Waals surface area contributed by atoms with Gasteiger partial charge in [-0.05, 0) is 38.6 Å². The molecule has 2 saturated heterocycles. The fourth-order valence-electron chi connectivity index (χ4n) is 4.68. The highest BCUT2D eigenvalue weighted by atomic mass is 16.3. The van der Waals surface area contributed by atoms with E-state index in [2.05, 4.69) is 10.2 Å². The van der Waals surface area contributed by atoms with E-state index in [-0.39, 0.29) is 23.8 Å². The summed E-state index contributed by atoms with van der Waals surface area (Å²) in [5.41, 5.74) is -0.321. The number of aliphatic hydroxyl groups excluding tert-OH is 1. The van der Waals surface area contributed by atoms with Crippen LogP contribution in [0.4, 0.5) is 0 Å². The number of amides is 2. The molecule has 0 bridgehead atoms. The second-order valence-electron chi connectivity index (χ2n) is 7.76. The largest absolute Gasteiger partial charge is 0.395 e. The molecule has 0 aromatic carbocycles. The van der Waals surface area contributed by atoms with E-state index in [4.69, 9.17) is 5.11 Å². The Labute approximate surface area is 144 Å². The van der Waals surface area contributed by atoms with E-state index in [0.717, 1.165) is 45.2 Å². The first-order chi connectivity index (χ1) is 11.6. The van der Waals surface area contributed by atoms with E-state index in [1.807, 2.05) is 0 Å². The van der Waals surface area contributed by atoms with Gasteiger partial charge in [-0.15, -0.1) is 0 Å². The maximum absolute atomic E-state index is 12.8. The van der Waals surface area contributed by atoms with E-state index in [1.165, 1.54) is 19.3 Å². The number of hydrogen-bond acceptors (Lipinski definition) is 4. The van der Waals surface area contributed by atoms with Crippen LogP contribution in [0.3, 0.4) is 0 Å². The van der Waals surface area contributed by atoms with E-state index < -0.39 is 0 Å². The first-order valence-electron chi connectivity index (χ1n) is 9.55. The molecule has 2 amide bonds. The van der Waals surface area contributed by atoms with E-state index in [9.17, 15) is 9.59 Å². The van der Waals surface area contributed by atoms with Crippen LogP contribution < -0.4 is 5.32 Å². The van der Waals surface area contributed by atoms with Crippen molar-refractivity contribution in [3.8, 4) is 0 Å². The summed E-state index contributed by atoms with van der Waals surface area (Å²) in [6.07, 6.45) is 8.66. The van der Waals surface area contributed by atoms with Gasteiger partial charge in [-0.1, -0.05) is 19.3 Å². The van der Waals surface area contributed by atoms with Gasteiger partial charge in [0, 0.05) is 25.7 Å². The van der Waals surface area contributed by atoms with Gasteiger partial charge >= 0.3 is 0 Å². The molecule has 1 aliphatic carbocycles. The molecule has 0 unspecified atom stereocenters. The van der Waals surface area contributed by atoms with Crippen LogP contribution >= 0.6 is 0 Å². The molecule has 1 atom stereocenters. The lowest BCUT2D eigenvalue weighted by molar-refractivity contribution is -0.146. The van der Waals surface area contributed by atoms with Gasteiger partial charge in [0.15, 0.2) is 0 Å². The molecule has 6 nitrogen and oxygen atoms in total. The highest BCUT2D eigenvalue weighted by Crippen LogP contribution is 2.39. The molecule has 0 aromatic rings. The first kappa shape index (κ1) is 17.7. The predicted molar refractivity (Wildman–Crippen MR) is 91.4 cm³/mol. The molecule has 2 N–H and O–H groups in total. The van der Waals surface area contributed by atoms with Crippen LogP contribution in [0.1, 0.15) is 51.4 Å². The minimum absolute atomic E-state index is 0.0231. The zero-order valence-corrected chi connectivity index (χ0v) is 14.6. The molecule has 6 heteroatoms. The molecule has 1 saturated carbocycles. The number of nitrogens with zero attached hydrogens (tertiary/aromatic N) is 2. The molecule has 0 radical (unpaired) electrons. The van der Waals surface area contributed by atoms with E-state index in [1.54, 1.807) is 4.90 Å². The van der Waals surface area contributed by atoms with Crippen molar-refractivity contribution >= 4 is 11.8 Å². The summed E-state index contributed by atoms with van der Waals surface area (Å²) in [7, 11) is 0.